The van der Waals surface area contributed by atoms with E-state index in [-0.39, 0.29) is 0 Å². The first-order valence-corrected chi connectivity index (χ1v) is 6.77. The van der Waals surface area contributed by atoms with Crippen LogP contribution in [0.15, 0.2) is 36.7 Å². The average molecular weight is 299 g/mol. The molecule has 2 aromatic rings. The minimum absolute atomic E-state index is 0.401. The SMILES string of the molecule is Cn1ccc(CNCC(O)c2c(Cl)cccc2Cl)c1. The third-order valence-electron chi connectivity index (χ3n) is 2.89. The summed E-state index contributed by atoms with van der Waals surface area (Å²) in [6.45, 7) is 1.10. The fourth-order valence-electron chi connectivity index (χ4n) is 1.95. The first-order chi connectivity index (χ1) is 9.08. The molecule has 3 nitrogen and oxygen atoms in total. The Morgan fingerprint density at radius 1 is 1.26 bits per heavy atom. The minimum Gasteiger partial charge on any atom is -0.387 e. The smallest absolute Gasteiger partial charge is 0.0943 e. The second kappa shape index (κ2) is 6.44. The van der Waals surface area contributed by atoms with Crippen molar-refractivity contribution in [2.24, 2.45) is 7.05 Å². The van der Waals surface area contributed by atoms with Crippen molar-refractivity contribution in [3.05, 3.63) is 57.8 Å². The Balaban J connectivity index is 1.92. The number of nitrogens with zero attached hydrogens (tertiary/aromatic N) is 1. The zero-order chi connectivity index (χ0) is 13.8. The van der Waals surface area contributed by atoms with Crippen LogP contribution in [0.5, 0.6) is 0 Å². The van der Waals surface area contributed by atoms with Crippen molar-refractivity contribution in [2.45, 2.75) is 12.6 Å². The number of benzene rings is 1. The van der Waals surface area contributed by atoms with Crippen molar-refractivity contribution < 1.29 is 5.11 Å². The Morgan fingerprint density at radius 3 is 2.53 bits per heavy atom. The highest BCUT2D eigenvalue weighted by atomic mass is 35.5. The summed E-state index contributed by atoms with van der Waals surface area (Å²) >= 11 is 12.1. The summed E-state index contributed by atoms with van der Waals surface area (Å²) in [5, 5.41) is 14.3. The highest BCUT2D eigenvalue weighted by molar-refractivity contribution is 6.36. The summed E-state index contributed by atoms with van der Waals surface area (Å²) in [5.74, 6) is 0. The van der Waals surface area contributed by atoms with Gasteiger partial charge in [0.1, 0.15) is 0 Å². The Labute approximate surface area is 122 Å². The van der Waals surface area contributed by atoms with Crippen LogP contribution in [0.2, 0.25) is 10.0 Å². The van der Waals surface area contributed by atoms with E-state index in [1.165, 1.54) is 5.56 Å². The van der Waals surface area contributed by atoms with Gasteiger partial charge >= 0.3 is 0 Å². The molecule has 2 rings (SSSR count). The topological polar surface area (TPSA) is 37.2 Å². The third kappa shape index (κ3) is 3.74. The van der Waals surface area contributed by atoms with Crippen molar-refractivity contribution in [1.29, 1.82) is 0 Å². The van der Waals surface area contributed by atoms with E-state index in [0.717, 1.165) is 0 Å². The number of rotatable bonds is 5. The first kappa shape index (κ1) is 14.4. The fraction of sp³-hybridized carbons (Fsp3) is 0.286. The van der Waals surface area contributed by atoms with Gasteiger partial charge in [-0.1, -0.05) is 29.3 Å². The monoisotopic (exact) mass is 298 g/mol. The van der Waals surface area contributed by atoms with E-state index >= 15 is 0 Å². The van der Waals surface area contributed by atoms with Gasteiger partial charge in [0.05, 0.1) is 6.10 Å². The summed E-state index contributed by atoms with van der Waals surface area (Å²) in [6.07, 6.45) is 3.30. The largest absolute Gasteiger partial charge is 0.387 e. The Bertz CT molecular complexity index is 534. The highest BCUT2D eigenvalue weighted by Gasteiger charge is 2.14. The molecular weight excluding hydrogens is 283 g/mol. The highest BCUT2D eigenvalue weighted by Crippen LogP contribution is 2.29. The molecule has 0 saturated carbocycles. The molecule has 1 unspecified atom stereocenters. The van der Waals surface area contributed by atoms with Crippen LogP contribution in [0.3, 0.4) is 0 Å². The van der Waals surface area contributed by atoms with Crippen LogP contribution in [0.4, 0.5) is 0 Å². The fourth-order valence-corrected chi connectivity index (χ4v) is 2.60. The number of halogens is 2. The Kier molecular flexibility index (Phi) is 4.88. The number of hydrogen-bond acceptors (Lipinski definition) is 2. The normalized spacial score (nSPS) is 12.6. The predicted octanol–water partition coefficient (Wildman–Crippen LogP) is 3.16. The first-order valence-electron chi connectivity index (χ1n) is 6.01. The molecule has 0 spiro atoms. The summed E-state index contributed by atoms with van der Waals surface area (Å²) in [4.78, 5) is 0. The molecule has 0 fully saturated rings. The minimum atomic E-state index is -0.718. The maximum Gasteiger partial charge on any atom is 0.0943 e. The van der Waals surface area contributed by atoms with Crippen LogP contribution >= 0.6 is 23.2 Å². The standard InChI is InChI=1S/C14H16Cl2N2O/c1-18-6-5-10(9-18)7-17-8-13(19)14-11(15)3-2-4-12(14)16/h2-6,9,13,17,19H,7-8H2,1H3. The molecular formula is C14H16Cl2N2O. The summed E-state index contributed by atoms with van der Waals surface area (Å²) < 4.78 is 1.98. The lowest BCUT2D eigenvalue weighted by atomic mass is 10.1. The molecule has 1 atom stereocenters. The van der Waals surface area contributed by atoms with Crippen molar-refractivity contribution >= 4 is 23.2 Å². The Morgan fingerprint density at radius 2 is 1.95 bits per heavy atom. The second-order valence-corrected chi connectivity index (χ2v) is 5.28. The average Bonchev–Trinajstić information content (AvgIpc) is 2.75. The number of aromatic nitrogens is 1. The van der Waals surface area contributed by atoms with E-state index in [0.29, 0.717) is 28.7 Å². The van der Waals surface area contributed by atoms with Crippen LogP contribution in [0, 0.1) is 0 Å². The lowest BCUT2D eigenvalue weighted by molar-refractivity contribution is 0.174. The molecule has 2 N–H and O–H groups in total. The molecule has 0 aliphatic heterocycles. The van der Waals surface area contributed by atoms with Gasteiger partial charge in [-0.05, 0) is 23.8 Å². The quantitative estimate of drug-likeness (QED) is 0.890. The van der Waals surface area contributed by atoms with Gasteiger partial charge in [-0.15, -0.1) is 0 Å². The molecule has 0 amide bonds. The lowest BCUT2D eigenvalue weighted by Crippen LogP contribution is -2.21. The number of aliphatic hydroxyl groups excluding tert-OH is 1. The number of hydrogen-bond donors (Lipinski definition) is 2. The molecule has 0 aliphatic carbocycles. The molecule has 1 aromatic carbocycles. The summed E-state index contributed by atoms with van der Waals surface area (Å²) in [6, 6.07) is 7.24. The van der Waals surface area contributed by atoms with Gasteiger partial charge in [0, 0.05) is 48.1 Å². The number of nitrogens with one attached hydrogen (secondary N) is 1. The maximum atomic E-state index is 10.1. The second-order valence-electron chi connectivity index (χ2n) is 4.47. The van der Waals surface area contributed by atoms with Gasteiger partial charge in [-0.3, -0.25) is 0 Å². The van der Waals surface area contributed by atoms with Crippen molar-refractivity contribution in [1.82, 2.24) is 9.88 Å². The van der Waals surface area contributed by atoms with Gasteiger partial charge in [-0.2, -0.15) is 0 Å². The van der Waals surface area contributed by atoms with Gasteiger partial charge in [0.25, 0.3) is 0 Å². The van der Waals surface area contributed by atoms with Crippen LogP contribution in [0.1, 0.15) is 17.2 Å². The third-order valence-corrected chi connectivity index (χ3v) is 3.55. The lowest BCUT2D eigenvalue weighted by Gasteiger charge is -2.15. The molecule has 0 bridgehead atoms. The molecule has 19 heavy (non-hydrogen) atoms. The van der Waals surface area contributed by atoms with E-state index in [4.69, 9.17) is 23.2 Å². The van der Waals surface area contributed by atoms with Gasteiger partial charge in [0.15, 0.2) is 0 Å². The molecule has 0 saturated heterocycles. The van der Waals surface area contributed by atoms with E-state index < -0.39 is 6.10 Å². The number of aryl methyl sites for hydroxylation is 1. The molecule has 1 heterocycles. The van der Waals surface area contributed by atoms with E-state index in [1.54, 1.807) is 18.2 Å². The van der Waals surface area contributed by atoms with Crippen molar-refractivity contribution in [3.8, 4) is 0 Å². The van der Waals surface area contributed by atoms with E-state index in [1.807, 2.05) is 30.1 Å². The van der Waals surface area contributed by atoms with E-state index in [9.17, 15) is 5.11 Å². The zero-order valence-corrected chi connectivity index (χ0v) is 12.1. The van der Waals surface area contributed by atoms with Crippen LogP contribution in [-0.4, -0.2) is 16.2 Å². The molecule has 102 valence electrons. The molecule has 5 heteroatoms. The number of aliphatic hydroxyl groups is 1. The summed E-state index contributed by atoms with van der Waals surface area (Å²) in [5.41, 5.74) is 1.74. The van der Waals surface area contributed by atoms with Crippen molar-refractivity contribution in [2.75, 3.05) is 6.54 Å². The van der Waals surface area contributed by atoms with Gasteiger partial charge in [-0.25, -0.2) is 0 Å². The molecule has 0 radical (unpaired) electrons. The van der Waals surface area contributed by atoms with Crippen LogP contribution in [0.25, 0.3) is 0 Å². The van der Waals surface area contributed by atoms with Crippen molar-refractivity contribution in [3.63, 3.8) is 0 Å². The van der Waals surface area contributed by atoms with Crippen LogP contribution < -0.4 is 5.32 Å². The predicted molar refractivity (Wildman–Crippen MR) is 78.5 cm³/mol. The molecule has 0 aliphatic rings. The zero-order valence-electron chi connectivity index (χ0n) is 10.6. The van der Waals surface area contributed by atoms with Gasteiger partial charge < -0.3 is 15.0 Å². The van der Waals surface area contributed by atoms with E-state index in [2.05, 4.69) is 5.32 Å². The summed E-state index contributed by atoms with van der Waals surface area (Å²) in [7, 11) is 1.97. The van der Waals surface area contributed by atoms with Gasteiger partial charge in [0.2, 0.25) is 0 Å². The van der Waals surface area contributed by atoms with Crippen LogP contribution in [-0.2, 0) is 13.6 Å². The molecule has 1 aromatic heterocycles. The maximum absolute atomic E-state index is 10.1. The Hall–Kier alpha value is -1.00.